The van der Waals surface area contributed by atoms with E-state index < -0.39 is 0 Å². The van der Waals surface area contributed by atoms with Crippen molar-refractivity contribution in [1.82, 2.24) is 9.97 Å². The summed E-state index contributed by atoms with van der Waals surface area (Å²) in [7, 11) is 1.68. The number of nitrogens with zero attached hydrogens (tertiary/aromatic N) is 1. The molecule has 94 valence electrons. The summed E-state index contributed by atoms with van der Waals surface area (Å²) in [5.41, 5.74) is 0.304. The lowest BCUT2D eigenvalue weighted by atomic mass is 9.79. The van der Waals surface area contributed by atoms with E-state index >= 15 is 0 Å². The summed E-state index contributed by atoms with van der Waals surface area (Å²) in [5, 5.41) is 0. The predicted molar refractivity (Wildman–Crippen MR) is 69.2 cm³/mol. The predicted octanol–water partition coefficient (Wildman–Crippen LogP) is 2.68. The van der Waals surface area contributed by atoms with Gasteiger partial charge in [0.05, 0.1) is 5.69 Å². The number of nitrogens with one attached hydrogen (secondary N) is 1. The molecular weight excluding hydrogens is 284 g/mol. The van der Waals surface area contributed by atoms with Crippen molar-refractivity contribution in [1.29, 1.82) is 0 Å². The molecule has 1 heterocycles. The van der Waals surface area contributed by atoms with Crippen LogP contribution in [-0.2, 0) is 10.3 Å². The zero-order valence-electron chi connectivity index (χ0n) is 10.3. The van der Waals surface area contributed by atoms with E-state index in [1.54, 1.807) is 7.11 Å². The number of H-pyrrole nitrogens is 1. The first-order valence-electron chi connectivity index (χ1n) is 5.85. The van der Waals surface area contributed by atoms with Crippen molar-refractivity contribution < 1.29 is 4.74 Å². The minimum absolute atomic E-state index is 0.123. The second-order valence-corrected chi connectivity index (χ2v) is 5.61. The summed E-state index contributed by atoms with van der Waals surface area (Å²) < 4.78 is 6.07. The number of hydrogen-bond donors (Lipinski definition) is 1. The van der Waals surface area contributed by atoms with Crippen LogP contribution < -0.4 is 5.56 Å². The standard InChI is InChI=1S/C12H17BrN2O2/c1-7(2)9-8(13)10(16)15-11(14-9)12(17-3)5-4-6-12/h7H,4-6H2,1-3H3,(H,14,15,16). The molecule has 17 heavy (non-hydrogen) atoms. The summed E-state index contributed by atoms with van der Waals surface area (Å²) in [6.07, 6.45) is 2.96. The van der Waals surface area contributed by atoms with Crippen LogP contribution in [0.2, 0.25) is 0 Å². The van der Waals surface area contributed by atoms with E-state index in [4.69, 9.17) is 4.74 Å². The van der Waals surface area contributed by atoms with Gasteiger partial charge in [-0.3, -0.25) is 4.79 Å². The average molecular weight is 301 g/mol. The third kappa shape index (κ3) is 2.06. The molecule has 1 aliphatic carbocycles. The lowest BCUT2D eigenvalue weighted by molar-refractivity contribution is -0.0850. The molecule has 0 saturated heterocycles. The second-order valence-electron chi connectivity index (χ2n) is 4.82. The number of halogens is 1. The van der Waals surface area contributed by atoms with E-state index in [1.807, 2.05) is 13.8 Å². The molecule has 0 radical (unpaired) electrons. The molecule has 1 saturated carbocycles. The van der Waals surface area contributed by atoms with Gasteiger partial charge in [0, 0.05) is 7.11 Å². The lowest BCUT2D eigenvalue weighted by Crippen LogP contribution is -2.40. The number of methoxy groups -OCH3 is 1. The molecule has 4 nitrogen and oxygen atoms in total. The maximum atomic E-state index is 11.9. The minimum Gasteiger partial charge on any atom is -0.370 e. The van der Waals surface area contributed by atoms with Crippen molar-refractivity contribution in [3.8, 4) is 0 Å². The van der Waals surface area contributed by atoms with Gasteiger partial charge in [-0.2, -0.15) is 0 Å². The van der Waals surface area contributed by atoms with Gasteiger partial charge in [0.25, 0.3) is 5.56 Å². The van der Waals surface area contributed by atoms with Crippen LogP contribution in [-0.4, -0.2) is 17.1 Å². The molecule has 1 N–H and O–H groups in total. The van der Waals surface area contributed by atoms with Crippen molar-refractivity contribution in [2.24, 2.45) is 0 Å². The lowest BCUT2D eigenvalue weighted by Gasteiger charge is -2.39. The van der Waals surface area contributed by atoms with Gasteiger partial charge in [-0.15, -0.1) is 0 Å². The highest BCUT2D eigenvalue weighted by Crippen LogP contribution is 2.42. The maximum absolute atomic E-state index is 11.9. The van der Waals surface area contributed by atoms with Gasteiger partial charge in [0.15, 0.2) is 0 Å². The molecular formula is C12H17BrN2O2. The molecule has 2 rings (SSSR count). The number of aromatic amines is 1. The zero-order chi connectivity index (χ0) is 12.6. The van der Waals surface area contributed by atoms with Gasteiger partial charge in [0.2, 0.25) is 0 Å². The Kier molecular flexibility index (Phi) is 3.41. The fourth-order valence-electron chi connectivity index (χ4n) is 2.11. The third-order valence-electron chi connectivity index (χ3n) is 3.42. The maximum Gasteiger partial charge on any atom is 0.265 e. The molecule has 5 heteroatoms. The Labute approximate surface area is 109 Å². The van der Waals surface area contributed by atoms with Crippen LogP contribution in [0.15, 0.2) is 9.27 Å². The Hall–Kier alpha value is -0.680. The summed E-state index contributed by atoms with van der Waals surface area (Å²) in [6.45, 7) is 4.05. The molecule has 1 aromatic heterocycles. The van der Waals surface area contributed by atoms with E-state index in [0.717, 1.165) is 25.0 Å². The SMILES string of the molecule is COC1(c2nc(C(C)C)c(Br)c(=O)[nH]2)CCC1. The topological polar surface area (TPSA) is 55.0 Å². The highest BCUT2D eigenvalue weighted by Gasteiger charge is 2.41. The summed E-state index contributed by atoms with van der Waals surface area (Å²) in [5.74, 6) is 0.877. The van der Waals surface area contributed by atoms with Crippen LogP contribution >= 0.6 is 15.9 Å². The molecule has 0 aromatic carbocycles. The highest BCUT2D eigenvalue weighted by molar-refractivity contribution is 9.10. The van der Waals surface area contributed by atoms with Crippen LogP contribution in [0.4, 0.5) is 0 Å². The zero-order valence-corrected chi connectivity index (χ0v) is 11.9. The molecule has 1 fully saturated rings. The Bertz CT molecular complexity index is 472. The molecule has 1 aliphatic rings. The third-order valence-corrected chi connectivity index (χ3v) is 4.19. The summed E-state index contributed by atoms with van der Waals surface area (Å²) in [4.78, 5) is 19.3. The largest absolute Gasteiger partial charge is 0.370 e. The highest BCUT2D eigenvalue weighted by atomic mass is 79.9. The second kappa shape index (κ2) is 4.53. The smallest absolute Gasteiger partial charge is 0.265 e. The number of hydrogen-bond acceptors (Lipinski definition) is 3. The monoisotopic (exact) mass is 300 g/mol. The van der Waals surface area contributed by atoms with Gasteiger partial charge >= 0.3 is 0 Å². The van der Waals surface area contributed by atoms with Crippen LogP contribution in [0.5, 0.6) is 0 Å². The van der Waals surface area contributed by atoms with Gasteiger partial charge < -0.3 is 9.72 Å². The summed E-state index contributed by atoms with van der Waals surface area (Å²) in [6, 6.07) is 0. The molecule has 0 atom stereocenters. The van der Waals surface area contributed by atoms with Crippen LogP contribution in [0, 0.1) is 0 Å². The first-order valence-corrected chi connectivity index (χ1v) is 6.65. The van der Waals surface area contributed by atoms with E-state index in [0.29, 0.717) is 10.3 Å². The van der Waals surface area contributed by atoms with Gasteiger partial charge in [0.1, 0.15) is 15.9 Å². The van der Waals surface area contributed by atoms with Crippen LogP contribution in [0.25, 0.3) is 0 Å². The fourth-order valence-corrected chi connectivity index (χ4v) is 2.76. The molecule has 0 spiro atoms. The molecule has 0 amide bonds. The normalized spacial score (nSPS) is 18.2. The van der Waals surface area contributed by atoms with Crippen LogP contribution in [0.1, 0.15) is 50.5 Å². The fraction of sp³-hybridized carbons (Fsp3) is 0.667. The number of rotatable bonds is 3. The van der Waals surface area contributed by atoms with Crippen molar-refractivity contribution in [3.63, 3.8) is 0 Å². The quantitative estimate of drug-likeness (QED) is 0.934. The number of aromatic nitrogens is 2. The van der Waals surface area contributed by atoms with Crippen molar-refractivity contribution in [3.05, 3.63) is 26.3 Å². The first kappa shape index (κ1) is 12.8. The Morgan fingerprint density at radius 1 is 1.47 bits per heavy atom. The summed E-state index contributed by atoms with van der Waals surface area (Å²) >= 11 is 3.30. The van der Waals surface area contributed by atoms with E-state index in [1.165, 1.54) is 0 Å². The molecule has 0 unspecified atom stereocenters. The van der Waals surface area contributed by atoms with E-state index in [-0.39, 0.29) is 17.1 Å². The van der Waals surface area contributed by atoms with Crippen molar-refractivity contribution in [2.75, 3.05) is 7.11 Å². The average Bonchev–Trinajstić information content (AvgIpc) is 2.21. The minimum atomic E-state index is -0.372. The van der Waals surface area contributed by atoms with Crippen LogP contribution in [0.3, 0.4) is 0 Å². The van der Waals surface area contributed by atoms with Gasteiger partial charge in [-0.05, 0) is 41.1 Å². The van der Waals surface area contributed by atoms with Gasteiger partial charge in [-0.1, -0.05) is 13.8 Å². The Morgan fingerprint density at radius 2 is 2.12 bits per heavy atom. The van der Waals surface area contributed by atoms with Crippen molar-refractivity contribution >= 4 is 15.9 Å². The first-order chi connectivity index (χ1) is 8.00. The van der Waals surface area contributed by atoms with Crippen molar-refractivity contribution in [2.45, 2.75) is 44.6 Å². The molecule has 0 aliphatic heterocycles. The van der Waals surface area contributed by atoms with E-state index in [9.17, 15) is 4.79 Å². The van der Waals surface area contributed by atoms with E-state index in [2.05, 4.69) is 25.9 Å². The Balaban J connectivity index is 2.53. The molecule has 0 bridgehead atoms. The number of ether oxygens (including phenoxy) is 1. The van der Waals surface area contributed by atoms with Gasteiger partial charge in [-0.25, -0.2) is 4.98 Å². The molecule has 1 aromatic rings. The Morgan fingerprint density at radius 3 is 2.53 bits per heavy atom.